The van der Waals surface area contributed by atoms with E-state index >= 15 is 0 Å². The highest BCUT2D eigenvalue weighted by Crippen LogP contribution is 2.30. The van der Waals surface area contributed by atoms with Gasteiger partial charge < -0.3 is 19.5 Å². The van der Waals surface area contributed by atoms with Crippen molar-refractivity contribution in [1.82, 2.24) is 0 Å². The van der Waals surface area contributed by atoms with Gasteiger partial charge in [0.25, 0.3) is 0 Å². The van der Waals surface area contributed by atoms with Crippen LogP contribution in [-0.4, -0.2) is 26.7 Å². The van der Waals surface area contributed by atoms with Gasteiger partial charge in [-0.1, -0.05) is 17.7 Å². The summed E-state index contributed by atoms with van der Waals surface area (Å²) in [6.45, 7) is 0.390. The van der Waals surface area contributed by atoms with Crippen LogP contribution in [0.25, 0.3) is 6.08 Å². The second-order valence-electron chi connectivity index (χ2n) is 5.58. The normalized spacial score (nSPS) is 12.8. The number of hydrogen-bond acceptors (Lipinski definition) is 4. The Bertz CT molecular complexity index is 889. The molecule has 5 nitrogen and oxygen atoms in total. The van der Waals surface area contributed by atoms with Gasteiger partial charge in [-0.25, -0.2) is 0 Å². The number of anilines is 1. The molecule has 0 saturated carbocycles. The zero-order chi connectivity index (χ0) is 18.5. The summed E-state index contributed by atoms with van der Waals surface area (Å²) >= 11 is 6.01. The maximum absolute atomic E-state index is 12.2. The fraction of sp³-hybridized carbons (Fsp3) is 0.150. The lowest BCUT2D eigenvalue weighted by Gasteiger charge is -2.16. The number of amides is 1. The predicted molar refractivity (Wildman–Crippen MR) is 102 cm³/mol. The average Bonchev–Trinajstić information content (AvgIpc) is 2.65. The number of hydrogen-bond donors (Lipinski definition) is 1. The first kappa shape index (κ1) is 17.9. The standard InChI is InChI=1S/C20H18ClNO4/c1-24-16-5-7-19(25-2)17(11-16)22-20(23)8-3-13-9-14-10-15(21)4-6-18(14)26-12-13/h3-11H,12H2,1-2H3,(H,22,23)/b8-3+. The number of nitrogens with one attached hydrogen (secondary N) is 1. The molecule has 134 valence electrons. The first-order chi connectivity index (χ1) is 12.6. The van der Waals surface area contributed by atoms with Gasteiger partial charge in [-0.2, -0.15) is 0 Å². The lowest BCUT2D eigenvalue weighted by atomic mass is 10.1. The van der Waals surface area contributed by atoms with Crippen molar-refractivity contribution in [3.8, 4) is 17.2 Å². The van der Waals surface area contributed by atoms with Crippen LogP contribution < -0.4 is 19.5 Å². The molecular formula is C20H18ClNO4. The Labute approximate surface area is 156 Å². The maximum atomic E-state index is 12.2. The molecule has 0 unspecified atom stereocenters. The second-order valence-corrected chi connectivity index (χ2v) is 6.02. The summed E-state index contributed by atoms with van der Waals surface area (Å²) in [5.41, 5.74) is 2.29. The van der Waals surface area contributed by atoms with E-state index in [0.717, 1.165) is 16.9 Å². The summed E-state index contributed by atoms with van der Waals surface area (Å²) in [6, 6.07) is 10.6. The van der Waals surface area contributed by atoms with Crippen molar-refractivity contribution in [1.29, 1.82) is 0 Å². The minimum atomic E-state index is -0.283. The van der Waals surface area contributed by atoms with E-state index in [1.165, 1.54) is 6.08 Å². The molecule has 0 atom stereocenters. The molecule has 0 spiro atoms. The summed E-state index contributed by atoms with van der Waals surface area (Å²) in [5, 5.41) is 3.42. The fourth-order valence-corrected chi connectivity index (χ4v) is 2.71. The van der Waals surface area contributed by atoms with Gasteiger partial charge >= 0.3 is 0 Å². The molecule has 0 bridgehead atoms. The van der Waals surface area contributed by atoms with Crippen LogP contribution in [0, 0.1) is 0 Å². The van der Waals surface area contributed by atoms with Gasteiger partial charge in [-0.3, -0.25) is 4.79 Å². The molecule has 1 amide bonds. The topological polar surface area (TPSA) is 56.8 Å². The van der Waals surface area contributed by atoms with Gasteiger partial charge in [0.2, 0.25) is 5.91 Å². The molecule has 0 aromatic heterocycles. The molecule has 0 aliphatic carbocycles. The lowest BCUT2D eigenvalue weighted by Crippen LogP contribution is -2.10. The Morgan fingerprint density at radius 3 is 2.81 bits per heavy atom. The largest absolute Gasteiger partial charge is 0.497 e. The molecule has 1 heterocycles. The second kappa shape index (κ2) is 7.97. The van der Waals surface area contributed by atoms with E-state index in [-0.39, 0.29) is 5.91 Å². The zero-order valence-electron chi connectivity index (χ0n) is 14.4. The molecule has 1 aliphatic heterocycles. The molecule has 26 heavy (non-hydrogen) atoms. The Morgan fingerprint density at radius 1 is 1.19 bits per heavy atom. The van der Waals surface area contributed by atoms with Gasteiger partial charge in [0.1, 0.15) is 23.9 Å². The van der Waals surface area contributed by atoms with Gasteiger partial charge in [0.05, 0.1) is 19.9 Å². The quantitative estimate of drug-likeness (QED) is 0.795. The molecule has 2 aromatic rings. The van der Waals surface area contributed by atoms with Crippen LogP contribution in [0.4, 0.5) is 5.69 Å². The molecule has 0 saturated heterocycles. The highest BCUT2D eigenvalue weighted by Gasteiger charge is 2.11. The van der Waals surface area contributed by atoms with Crippen LogP contribution in [0.1, 0.15) is 5.56 Å². The van der Waals surface area contributed by atoms with Gasteiger partial charge in [0.15, 0.2) is 0 Å². The Morgan fingerprint density at radius 2 is 2.04 bits per heavy atom. The third-order valence-electron chi connectivity index (χ3n) is 3.82. The van der Waals surface area contributed by atoms with Crippen molar-refractivity contribution in [3.05, 3.63) is 64.7 Å². The SMILES string of the molecule is COc1ccc(OC)c(NC(=O)/C=C/C2=Cc3cc(Cl)ccc3OC2)c1. The van der Waals surface area contributed by atoms with Crippen LogP contribution in [-0.2, 0) is 4.79 Å². The number of benzene rings is 2. The third-order valence-corrected chi connectivity index (χ3v) is 4.06. The molecule has 1 N–H and O–H groups in total. The average molecular weight is 372 g/mol. The Balaban J connectivity index is 1.72. The molecular weight excluding hydrogens is 354 g/mol. The van der Waals surface area contributed by atoms with Crippen molar-refractivity contribution >= 4 is 29.3 Å². The van der Waals surface area contributed by atoms with Crippen molar-refractivity contribution in [2.45, 2.75) is 0 Å². The number of fused-ring (bicyclic) bond motifs is 1. The summed E-state index contributed by atoms with van der Waals surface area (Å²) in [6.07, 6.45) is 5.11. The minimum absolute atomic E-state index is 0.283. The van der Waals surface area contributed by atoms with E-state index in [9.17, 15) is 4.79 Å². The van der Waals surface area contributed by atoms with Gasteiger partial charge in [0, 0.05) is 22.7 Å². The van der Waals surface area contributed by atoms with E-state index < -0.39 is 0 Å². The summed E-state index contributed by atoms with van der Waals surface area (Å²) in [5.74, 6) is 1.67. The number of carbonyl (C=O) groups is 1. The van der Waals surface area contributed by atoms with E-state index in [2.05, 4.69) is 5.32 Å². The van der Waals surface area contributed by atoms with Crippen LogP contribution >= 0.6 is 11.6 Å². The summed E-state index contributed by atoms with van der Waals surface area (Å²) in [4.78, 5) is 12.2. The van der Waals surface area contributed by atoms with Crippen molar-refractivity contribution in [2.24, 2.45) is 0 Å². The third kappa shape index (κ3) is 4.18. The van der Waals surface area contributed by atoms with E-state index in [1.807, 2.05) is 18.2 Å². The molecule has 3 rings (SSSR count). The van der Waals surface area contributed by atoms with E-state index in [4.69, 9.17) is 25.8 Å². The van der Waals surface area contributed by atoms with E-state index in [0.29, 0.717) is 28.8 Å². The fourth-order valence-electron chi connectivity index (χ4n) is 2.53. The van der Waals surface area contributed by atoms with Crippen LogP contribution in [0.5, 0.6) is 17.2 Å². The monoisotopic (exact) mass is 371 g/mol. The van der Waals surface area contributed by atoms with Crippen LogP contribution in [0.2, 0.25) is 5.02 Å². The predicted octanol–water partition coefficient (Wildman–Crippen LogP) is 4.33. The number of carbonyl (C=O) groups excluding carboxylic acids is 1. The number of rotatable bonds is 5. The van der Waals surface area contributed by atoms with Crippen molar-refractivity contribution in [3.63, 3.8) is 0 Å². The smallest absolute Gasteiger partial charge is 0.248 e. The van der Waals surface area contributed by atoms with Crippen molar-refractivity contribution < 1.29 is 19.0 Å². The minimum Gasteiger partial charge on any atom is -0.497 e. The zero-order valence-corrected chi connectivity index (χ0v) is 15.2. The number of methoxy groups -OCH3 is 2. The maximum Gasteiger partial charge on any atom is 0.248 e. The Hall–Kier alpha value is -2.92. The van der Waals surface area contributed by atoms with Crippen LogP contribution in [0.3, 0.4) is 0 Å². The number of ether oxygens (including phenoxy) is 3. The van der Waals surface area contributed by atoms with Crippen LogP contribution in [0.15, 0.2) is 54.1 Å². The highest BCUT2D eigenvalue weighted by atomic mass is 35.5. The molecule has 0 radical (unpaired) electrons. The molecule has 0 fully saturated rings. The molecule has 1 aliphatic rings. The molecule has 2 aromatic carbocycles. The molecule has 6 heteroatoms. The summed E-state index contributed by atoms with van der Waals surface area (Å²) < 4.78 is 16.1. The Kier molecular flexibility index (Phi) is 5.49. The highest BCUT2D eigenvalue weighted by molar-refractivity contribution is 6.30. The number of halogens is 1. The van der Waals surface area contributed by atoms with Gasteiger partial charge in [-0.15, -0.1) is 0 Å². The van der Waals surface area contributed by atoms with E-state index in [1.54, 1.807) is 44.6 Å². The summed E-state index contributed by atoms with van der Waals surface area (Å²) in [7, 11) is 3.10. The van der Waals surface area contributed by atoms with Crippen molar-refractivity contribution in [2.75, 3.05) is 26.1 Å². The first-order valence-electron chi connectivity index (χ1n) is 7.93. The lowest BCUT2D eigenvalue weighted by molar-refractivity contribution is -0.111. The van der Waals surface area contributed by atoms with Gasteiger partial charge in [-0.05, 0) is 42.0 Å². The first-order valence-corrected chi connectivity index (χ1v) is 8.31.